The van der Waals surface area contributed by atoms with Crippen LogP contribution in [-0.2, 0) is 20.1 Å². The van der Waals surface area contributed by atoms with Gasteiger partial charge < -0.3 is 15.2 Å². The fourth-order valence-electron chi connectivity index (χ4n) is 4.25. The largest absolute Gasteiger partial charge is 0.356 e. The number of hydrogen-bond donors (Lipinski definition) is 1. The first-order valence-electron chi connectivity index (χ1n) is 10.5. The minimum absolute atomic E-state index is 0.0570. The van der Waals surface area contributed by atoms with Crippen molar-refractivity contribution in [1.82, 2.24) is 18.7 Å². The molecular weight excluding hydrogens is 406 g/mol. The average molecular weight is 432 g/mol. The van der Waals surface area contributed by atoms with Gasteiger partial charge in [-0.15, -0.1) is 5.92 Å². The van der Waals surface area contributed by atoms with Crippen LogP contribution in [0.2, 0.25) is 0 Å². The Balaban J connectivity index is 1.94. The molecule has 0 aliphatic carbocycles. The second-order valence-electron chi connectivity index (χ2n) is 7.94. The summed E-state index contributed by atoms with van der Waals surface area (Å²) in [5.41, 5.74) is 6.96. The lowest BCUT2D eigenvalue weighted by Crippen LogP contribution is -2.43. The first-order valence-corrected chi connectivity index (χ1v) is 10.5. The lowest BCUT2D eigenvalue weighted by molar-refractivity contribution is 0.499. The van der Waals surface area contributed by atoms with E-state index in [-0.39, 0.29) is 12.6 Å². The number of piperidine rings is 1. The highest BCUT2D eigenvalue weighted by Crippen LogP contribution is 2.26. The molecule has 9 heteroatoms. The third-order valence-corrected chi connectivity index (χ3v) is 5.90. The Hall–Kier alpha value is -3.82. The van der Waals surface area contributed by atoms with Crippen LogP contribution in [0.3, 0.4) is 0 Å². The van der Waals surface area contributed by atoms with Crippen molar-refractivity contribution in [2.45, 2.75) is 38.9 Å². The Labute approximate surface area is 185 Å². The smallest absolute Gasteiger partial charge is 0.331 e. The number of rotatable bonds is 4. The van der Waals surface area contributed by atoms with Crippen molar-refractivity contribution in [2.24, 2.45) is 12.8 Å². The number of pyridine rings is 1. The number of nitrogens with two attached hydrogens (primary N) is 1. The van der Waals surface area contributed by atoms with Crippen LogP contribution in [0.4, 0.5) is 5.82 Å². The van der Waals surface area contributed by atoms with E-state index in [0.717, 1.165) is 29.8 Å². The van der Waals surface area contributed by atoms with Crippen molar-refractivity contribution in [3.05, 3.63) is 56.5 Å². The molecule has 4 heterocycles. The predicted octanol–water partition coefficient (Wildman–Crippen LogP) is 0.767. The molecule has 164 valence electrons. The zero-order valence-corrected chi connectivity index (χ0v) is 18.2. The van der Waals surface area contributed by atoms with Gasteiger partial charge in [-0.1, -0.05) is 5.92 Å². The Bertz CT molecular complexity index is 1390. The number of fused-ring (bicyclic) bond motifs is 1. The number of hydrogen-bond acceptors (Lipinski definition) is 6. The van der Waals surface area contributed by atoms with Crippen molar-refractivity contribution < 1.29 is 0 Å². The highest BCUT2D eigenvalue weighted by atomic mass is 16.2. The standard InChI is InChI=1S/C23H25N7O2/c1-3-4-11-29-20(28-10-6-8-17(25)14-28)12-19-21(29)22(31)30(23(32)27(19)2)15-18-16(13-24)7-5-9-26-18/h5,7,9,12,17H,6,8,10-11,14-15,25H2,1-2H3/t17-/m1/s1. The summed E-state index contributed by atoms with van der Waals surface area (Å²) in [5, 5.41) is 9.38. The van der Waals surface area contributed by atoms with Crippen LogP contribution >= 0.6 is 0 Å². The van der Waals surface area contributed by atoms with Crippen molar-refractivity contribution in [1.29, 1.82) is 5.26 Å². The topological polar surface area (TPSA) is 115 Å². The van der Waals surface area contributed by atoms with E-state index in [9.17, 15) is 14.9 Å². The van der Waals surface area contributed by atoms with Crippen molar-refractivity contribution in [2.75, 3.05) is 18.0 Å². The zero-order chi connectivity index (χ0) is 22.8. The zero-order valence-electron chi connectivity index (χ0n) is 18.2. The van der Waals surface area contributed by atoms with E-state index in [4.69, 9.17) is 5.73 Å². The molecule has 0 bridgehead atoms. The molecule has 0 amide bonds. The summed E-state index contributed by atoms with van der Waals surface area (Å²) >= 11 is 0. The van der Waals surface area contributed by atoms with Crippen molar-refractivity contribution in [3.8, 4) is 17.9 Å². The molecule has 1 aliphatic rings. The summed E-state index contributed by atoms with van der Waals surface area (Å²) in [7, 11) is 1.64. The van der Waals surface area contributed by atoms with E-state index in [1.807, 2.05) is 10.6 Å². The molecular formula is C23H25N7O2. The molecule has 0 spiro atoms. The van der Waals surface area contributed by atoms with Crippen LogP contribution in [-0.4, -0.2) is 37.8 Å². The molecule has 3 aromatic rings. The number of nitriles is 1. The molecule has 0 unspecified atom stereocenters. The molecule has 0 radical (unpaired) electrons. The molecule has 2 N–H and O–H groups in total. The fraction of sp³-hybridized carbons (Fsp3) is 0.391. The molecule has 1 atom stereocenters. The molecule has 3 aromatic heterocycles. The highest BCUT2D eigenvalue weighted by Gasteiger charge is 2.24. The monoisotopic (exact) mass is 431 g/mol. The molecule has 1 fully saturated rings. The summed E-state index contributed by atoms with van der Waals surface area (Å²) in [6.45, 7) is 3.49. The lowest BCUT2D eigenvalue weighted by Gasteiger charge is -2.32. The van der Waals surface area contributed by atoms with Crippen LogP contribution in [0.25, 0.3) is 11.0 Å². The third-order valence-electron chi connectivity index (χ3n) is 5.90. The molecule has 1 aliphatic heterocycles. The van der Waals surface area contributed by atoms with E-state index in [2.05, 4.69) is 27.8 Å². The Morgan fingerprint density at radius 1 is 1.31 bits per heavy atom. The average Bonchev–Trinajstić information content (AvgIpc) is 3.19. The van der Waals surface area contributed by atoms with Gasteiger partial charge in [-0.2, -0.15) is 5.26 Å². The van der Waals surface area contributed by atoms with Gasteiger partial charge in [0.05, 0.1) is 29.9 Å². The van der Waals surface area contributed by atoms with Crippen LogP contribution < -0.4 is 21.9 Å². The Morgan fingerprint density at radius 2 is 2.12 bits per heavy atom. The molecule has 0 aromatic carbocycles. The first kappa shape index (κ1) is 21.4. The van der Waals surface area contributed by atoms with Crippen LogP contribution in [0, 0.1) is 23.2 Å². The maximum absolute atomic E-state index is 13.6. The van der Waals surface area contributed by atoms with Gasteiger partial charge in [0.25, 0.3) is 5.56 Å². The van der Waals surface area contributed by atoms with Gasteiger partial charge >= 0.3 is 5.69 Å². The highest BCUT2D eigenvalue weighted by molar-refractivity contribution is 5.81. The van der Waals surface area contributed by atoms with E-state index in [1.54, 1.807) is 32.3 Å². The third kappa shape index (κ3) is 3.68. The van der Waals surface area contributed by atoms with E-state index in [0.29, 0.717) is 35.4 Å². The van der Waals surface area contributed by atoms with Crippen molar-refractivity contribution in [3.63, 3.8) is 0 Å². The molecule has 4 rings (SSSR count). The first-order chi connectivity index (χ1) is 15.5. The van der Waals surface area contributed by atoms with Crippen LogP contribution in [0.15, 0.2) is 34.0 Å². The molecule has 32 heavy (non-hydrogen) atoms. The predicted molar refractivity (Wildman–Crippen MR) is 122 cm³/mol. The van der Waals surface area contributed by atoms with Gasteiger partial charge in [-0.05, 0) is 31.9 Å². The summed E-state index contributed by atoms with van der Waals surface area (Å²) < 4.78 is 4.47. The number of anilines is 1. The van der Waals surface area contributed by atoms with Crippen LogP contribution in [0.1, 0.15) is 31.0 Å². The van der Waals surface area contributed by atoms with E-state index >= 15 is 0 Å². The van der Waals surface area contributed by atoms with Gasteiger partial charge in [0, 0.05) is 38.4 Å². The van der Waals surface area contributed by atoms with Crippen molar-refractivity contribution >= 4 is 16.9 Å². The number of aromatic nitrogens is 4. The van der Waals surface area contributed by atoms with Gasteiger partial charge in [-0.25, -0.2) is 4.79 Å². The summed E-state index contributed by atoms with van der Waals surface area (Å²) in [6, 6.07) is 7.27. The SMILES string of the molecule is CC#CCn1c(N2CCC[C@@H](N)C2)cc2c1c(=O)n(Cc1ncccc1C#N)c(=O)n2C. The molecule has 9 nitrogen and oxygen atoms in total. The Kier molecular flexibility index (Phi) is 5.85. The van der Waals surface area contributed by atoms with Crippen LogP contribution in [0.5, 0.6) is 0 Å². The quantitative estimate of drug-likeness (QED) is 0.610. The van der Waals surface area contributed by atoms with Gasteiger partial charge in [0.1, 0.15) is 17.4 Å². The normalized spacial score (nSPS) is 15.9. The van der Waals surface area contributed by atoms with E-state index in [1.165, 1.54) is 4.57 Å². The minimum atomic E-state index is -0.460. The second-order valence-corrected chi connectivity index (χ2v) is 7.94. The number of nitrogens with zero attached hydrogens (tertiary/aromatic N) is 6. The summed E-state index contributed by atoms with van der Waals surface area (Å²) in [6.07, 6.45) is 3.46. The summed E-state index contributed by atoms with van der Waals surface area (Å²) in [5.74, 6) is 6.77. The number of aryl methyl sites for hydroxylation is 1. The van der Waals surface area contributed by atoms with Gasteiger partial charge in [-0.3, -0.25) is 18.9 Å². The summed E-state index contributed by atoms with van der Waals surface area (Å²) in [4.78, 5) is 33.1. The Morgan fingerprint density at radius 3 is 2.84 bits per heavy atom. The minimum Gasteiger partial charge on any atom is -0.356 e. The second kappa shape index (κ2) is 8.74. The van der Waals surface area contributed by atoms with Gasteiger partial charge in [0.2, 0.25) is 0 Å². The lowest BCUT2D eigenvalue weighted by atomic mass is 10.1. The fourth-order valence-corrected chi connectivity index (χ4v) is 4.25. The molecule has 0 saturated carbocycles. The maximum Gasteiger partial charge on any atom is 0.331 e. The molecule has 1 saturated heterocycles. The van der Waals surface area contributed by atoms with Gasteiger partial charge in [0.15, 0.2) is 0 Å². The maximum atomic E-state index is 13.6. The van der Waals surface area contributed by atoms with E-state index < -0.39 is 11.2 Å².